The van der Waals surface area contributed by atoms with Gasteiger partial charge in [0.25, 0.3) is 0 Å². The molecule has 21 heavy (non-hydrogen) atoms. The molecule has 0 aliphatic heterocycles. The Balaban J connectivity index is 2.05. The second-order valence-electron chi connectivity index (χ2n) is 4.94. The summed E-state index contributed by atoms with van der Waals surface area (Å²) in [5, 5.41) is 12.7. The van der Waals surface area contributed by atoms with Gasteiger partial charge in [0.15, 0.2) is 0 Å². The Morgan fingerprint density at radius 2 is 1.81 bits per heavy atom. The van der Waals surface area contributed by atoms with Gasteiger partial charge >= 0.3 is 0 Å². The highest BCUT2D eigenvalue weighted by molar-refractivity contribution is 6.30. The summed E-state index contributed by atoms with van der Waals surface area (Å²) in [6.45, 7) is -0.145. The quantitative estimate of drug-likeness (QED) is 0.579. The molecule has 1 aromatic heterocycles. The van der Waals surface area contributed by atoms with Gasteiger partial charge in [-0.3, -0.25) is 10.1 Å². The fraction of sp³-hybridized carbons (Fsp3) is 0.125. The minimum Gasteiger partial charge on any atom is -0.361 e. The van der Waals surface area contributed by atoms with Crippen LogP contribution < -0.4 is 0 Å². The molecule has 106 valence electrons. The molecule has 0 aliphatic carbocycles. The largest absolute Gasteiger partial charge is 0.361 e. The third kappa shape index (κ3) is 2.90. The maximum atomic E-state index is 11.0. The van der Waals surface area contributed by atoms with Crippen molar-refractivity contribution in [1.82, 2.24) is 4.98 Å². The molecule has 3 rings (SSSR count). The Hall–Kier alpha value is -2.33. The lowest BCUT2D eigenvalue weighted by molar-refractivity contribution is -0.481. The average Bonchev–Trinajstić information content (AvgIpc) is 2.93. The van der Waals surface area contributed by atoms with E-state index in [0.717, 1.165) is 22.0 Å². The van der Waals surface area contributed by atoms with Gasteiger partial charge in [-0.2, -0.15) is 0 Å². The number of halogens is 1. The fourth-order valence-corrected chi connectivity index (χ4v) is 2.66. The summed E-state index contributed by atoms with van der Waals surface area (Å²) in [6.07, 6.45) is 1.86. The van der Waals surface area contributed by atoms with Crippen LogP contribution >= 0.6 is 11.6 Å². The van der Waals surface area contributed by atoms with Gasteiger partial charge in [0.1, 0.15) is 0 Å². The summed E-state index contributed by atoms with van der Waals surface area (Å²) in [5.41, 5.74) is 2.79. The summed E-state index contributed by atoms with van der Waals surface area (Å²) in [5.74, 6) is -0.287. The number of hydrogen-bond acceptors (Lipinski definition) is 2. The Labute approximate surface area is 126 Å². The summed E-state index contributed by atoms with van der Waals surface area (Å²) < 4.78 is 0. The van der Waals surface area contributed by atoms with Crippen molar-refractivity contribution in [3.63, 3.8) is 0 Å². The number of fused-ring (bicyclic) bond motifs is 1. The molecule has 1 heterocycles. The zero-order chi connectivity index (χ0) is 14.8. The van der Waals surface area contributed by atoms with Crippen molar-refractivity contribution in [2.24, 2.45) is 0 Å². The molecule has 1 N–H and O–H groups in total. The Bertz CT molecular complexity index is 780. The van der Waals surface area contributed by atoms with Crippen LogP contribution in [-0.2, 0) is 0 Å². The molecule has 3 aromatic rings. The summed E-state index contributed by atoms with van der Waals surface area (Å²) in [6, 6.07) is 15.1. The van der Waals surface area contributed by atoms with E-state index in [1.54, 1.807) is 12.1 Å². The van der Waals surface area contributed by atoms with Crippen molar-refractivity contribution in [3.05, 3.63) is 81.0 Å². The molecule has 5 heteroatoms. The van der Waals surface area contributed by atoms with Crippen molar-refractivity contribution in [2.45, 2.75) is 5.92 Å². The number of hydrogen-bond donors (Lipinski definition) is 1. The van der Waals surface area contributed by atoms with Crippen molar-refractivity contribution >= 4 is 22.5 Å². The molecular formula is C16H13ClN2O2. The van der Waals surface area contributed by atoms with Crippen molar-refractivity contribution in [3.8, 4) is 0 Å². The second-order valence-corrected chi connectivity index (χ2v) is 5.38. The Kier molecular flexibility index (Phi) is 3.62. The maximum absolute atomic E-state index is 11.0. The average molecular weight is 301 g/mol. The normalized spacial score (nSPS) is 12.4. The highest BCUT2D eigenvalue weighted by Gasteiger charge is 2.20. The number of nitrogens with one attached hydrogen (secondary N) is 1. The van der Waals surface area contributed by atoms with E-state index in [-0.39, 0.29) is 17.4 Å². The molecule has 0 bridgehead atoms. The van der Waals surface area contributed by atoms with Crippen LogP contribution in [0.4, 0.5) is 0 Å². The fourth-order valence-electron chi connectivity index (χ4n) is 2.53. The second kappa shape index (κ2) is 5.58. The predicted molar refractivity (Wildman–Crippen MR) is 83.5 cm³/mol. The summed E-state index contributed by atoms with van der Waals surface area (Å²) in [4.78, 5) is 13.9. The van der Waals surface area contributed by atoms with E-state index in [2.05, 4.69) is 4.98 Å². The number of H-pyrrole nitrogens is 1. The molecule has 2 aromatic carbocycles. The number of aromatic amines is 1. The van der Waals surface area contributed by atoms with E-state index in [1.807, 2.05) is 42.6 Å². The third-order valence-electron chi connectivity index (χ3n) is 3.59. The molecule has 0 spiro atoms. The first kappa shape index (κ1) is 13.6. The Morgan fingerprint density at radius 1 is 1.10 bits per heavy atom. The number of aromatic nitrogens is 1. The minimum absolute atomic E-state index is 0.145. The molecular weight excluding hydrogens is 288 g/mol. The first-order valence-corrected chi connectivity index (χ1v) is 6.95. The number of nitrogens with zero attached hydrogens (tertiary/aromatic N) is 1. The Morgan fingerprint density at radius 3 is 2.52 bits per heavy atom. The van der Waals surface area contributed by atoms with Crippen LogP contribution in [0.15, 0.2) is 54.7 Å². The SMILES string of the molecule is O=[N+]([O-])CC(c1ccc(Cl)cc1)c1ccc2cc[nH]c2c1. The first-order chi connectivity index (χ1) is 10.1. The van der Waals surface area contributed by atoms with E-state index >= 15 is 0 Å². The molecule has 0 saturated carbocycles. The van der Waals surface area contributed by atoms with Crippen LogP contribution in [0.5, 0.6) is 0 Å². The number of rotatable bonds is 4. The molecule has 0 fully saturated rings. The monoisotopic (exact) mass is 300 g/mol. The van der Waals surface area contributed by atoms with E-state index in [1.165, 1.54) is 0 Å². The number of benzene rings is 2. The number of nitro groups is 1. The minimum atomic E-state index is -0.287. The molecule has 1 unspecified atom stereocenters. The van der Waals surface area contributed by atoms with Crippen LogP contribution in [0, 0.1) is 10.1 Å². The topological polar surface area (TPSA) is 58.9 Å². The highest BCUT2D eigenvalue weighted by atomic mass is 35.5. The molecule has 0 amide bonds. The van der Waals surface area contributed by atoms with E-state index in [9.17, 15) is 10.1 Å². The lowest BCUT2D eigenvalue weighted by atomic mass is 9.91. The van der Waals surface area contributed by atoms with Gasteiger partial charge in [0.2, 0.25) is 6.54 Å². The van der Waals surface area contributed by atoms with Crippen LogP contribution in [0.1, 0.15) is 17.0 Å². The smallest absolute Gasteiger partial charge is 0.214 e. The van der Waals surface area contributed by atoms with Gasteiger partial charge in [0.05, 0.1) is 5.92 Å². The van der Waals surface area contributed by atoms with Gasteiger partial charge in [-0.05, 0) is 40.8 Å². The summed E-state index contributed by atoms with van der Waals surface area (Å²) >= 11 is 5.89. The van der Waals surface area contributed by atoms with Gasteiger partial charge in [-0.25, -0.2) is 0 Å². The molecule has 4 nitrogen and oxygen atoms in total. The zero-order valence-electron chi connectivity index (χ0n) is 11.1. The highest BCUT2D eigenvalue weighted by Crippen LogP contribution is 2.28. The van der Waals surface area contributed by atoms with Gasteiger partial charge in [-0.15, -0.1) is 0 Å². The van der Waals surface area contributed by atoms with Crippen LogP contribution in [0.2, 0.25) is 5.02 Å². The predicted octanol–water partition coefficient (Wildman–Crippen LogP) is 4.23. The van der Waals surface area contributed by atoms with Crippen molar-refractivity contribution in [1.29, 1.82) is 0 Å². The van der Waals surface area contributed by atoms with Crippen molar-refractivity contribution < 1.29 is 4.92 Å². The van der Waals surface area contributed by atoms with Crippen LogP contribution in [0.25, 0.3) is 10.9 Å². The lowest BCUT2D eigenvalue weighted by Crippen LogP contribution is -2.13. The van der Waals surface area contributed by atoms with Gasteiger partial charge < -0.3 is 4.98 Å². The first-order valence-electron chi connectivity index (χ1n) is 6.58. The molecule has 1 atom stereocenters. The summed E-state index contributed by atoms with van der Waals surface area (Å²) in [7, 11) is 0. The van der Waals surface area contributed by atoms with Gasteiger partial charge in [0, 0.05) is 21.7 Å². The van der Waals surface area contributed by atoms with Gasteiger partial charge in [-0.1, -0.05) is 35.9 Å². The van der Waals surface area contributed by atoms with E-state index in [0.29, 0.717) is 5.02 Å². The molecule has 0 aliphatic rings. The third-order valence-corrected chi connectivity index (χ3v) is 3.84. The van der Waals surface area contributed by atoms with Crippen LogP contribution in [0.3, 0.4) is 0 Å². The molecule has 0 saturated heterocycles. The lowest BCUT2D eigenvalue weighted by Gasteiger charge is -2.14. The van der Waals surface area contributed by atoms with E-state index < -0.39 is 0 Å². The standard InChI is InChI=1S/C16H13ClN2O2/c17-14-5-3-11(4-6-14)15(10-19(20)21)13-2-1-12-7-8-18-16(12)9-13/h1-9,15,18H,10H2. The maximum Gasteiger partial charge on any atom is 0.214 e. The van der Waals surface area contributed by atoms with E-state index in [4.69, 9.17) is 11.6 Å². The zero-order valence-corrected chi connectivity index (χ0v) is 11.9. The molecule has 0 radical (unpaired) electrons. The van der Waals surface area contributed by atoms with Crippen LogP contribution in [-0.4, -0.2) is 16.5 Å². The van der Waals surface area contributed by atoms with Crippen molar-refractivity contribution in [2.75, 3.05) is 6.54 Å².